The predicted molar refractivity (Wildman–Crippen MR) is 78.0 cm³/mol. The molecule has 0 radical (unpaired) electrons. The highest BCUT2D eigenvalue weighted by Crippen LogP contribution is 2.12. The van der Waals surface area contributed by atoms with Gasteiger partial charge >= 0.3 is 6.03 Å². The summed E-state index contributed by atoms with van der Waals surface area (Å²) in [5.74, 6) is 1.35. The zero-order chi connectivity index (χ0) is 14.2. The minimum absolute atomic E-state index is 0.258. The second kappa shape index (κ2) is 7.13. The Balaban J connectivity index is 1.76. The van der Waals surface area contributed by atoms with Crippen LogP contribution in [0.15, 0.2) is 48.7 Å². The maximum atomic E-state index is 11.6. The summed E-state index contributed by atoms with van der Waals surface area (Å²) < 4.78 is 5.15. The molecule has 0 aliphatic carbocycles. The average molecular weight is 271 g/mol. The van der Waals surface area contributed by atoms with Gasteiger partial charge in [0.1, 0.15) is 11.6 Å². The van der Waals surface area contributed by atoms with E-state index in [2.05, 4.69) is 15.6 Å². The summed E-state index contributed by atoms with van der Waals surface area (Å²) in [5, 5.41) is 5.45. The molecule has 0 unspecified atom stereocenters. The summed E-state index contributed by atoms with van der Waals surface area (Å²) in [4.78, 5) is 15.7. The number of hydrogen-bond donors (Lipinski definition) is 2. The summed E-state index contributed by atoms with van der Waals surface area (Å²) in [5.41, 5.74) is 1.11. The van der Waals surface area contributed by atoms with Crippen molar-refractivity contribution in [3.05, 3.63) is 54.2 Å². The van der Waals surface area contributed by atoms with E-state index in [1.807, 2.05) is 30.3 Å². The van der Waals surface area contributed by atoms with Crippen LogP contribution in [0.5, 0.6) is 5.75 Å². The molecular formula is C15H17N3O2. The van der Waals surface area contributed by atoms with E-state index in [1.54, 1.807) is 25.4 Å². The predicted octanol–water partition coefficient (Wildman–Crippen LogP) is 2.45. The maximum Gasteiger partial charge on any atom is 0.320 e. The van der Waals surface area contributed by atoms with E-state index in [0.29, 0.717) is 12.4 Å². The Morgan fingerprint density at radius 1 is 1.25 bits per heavy atom. The van der Waals surface area contributed by atoms with E-state index >= 15 is 0 Å². The highest BCUT2D eigenvalue weighted by atomic mass is 16.5. The van der Waals surface area contributed by atoms with Gasteiger partial charge in [-0.2, -0.15) is 0 Å². The first kappa shape index (κ1) is 13.9. The van der Waals surface area contributed by atoms with Crippen molar-refractivity contribution < 1.29 is 9.53 Å². The van der Waals surface area contributed by atoms with Crippen LogP contribution in [0.2, 0.25) is 0 Å². The smallest absolute Gasteiger partial charge is 0.320 e. The molecule has 0 aliphatic heterocycles. The van der Waals surface area contributed by atoms with Crippen molar-refractivity contribution in [3.8, 4) is 5.75 Å². The number of pyridine rings is 1. The Labute approximate surface area is 118 Å². The Bertz CT molecular complexity index is 558. The summed E-state index contributed by atoms with van der Waals surface area (Å²) in [7, 11) is 1.64. The zero-order valence-corrected chi connectivity index (χ0v) is 11.3. The number of benzene rings is 1. The number of urea groups is 1. The molecule has 0 bridgehead atoms. The van der Waals surface area contributed by atoms with Crippen molar-refractivity contribution in [2.45, 2.75) is 6.42 Å². The van der Waals surface area contributed by atoms with Crippen LogP contribution in [0.25, 0.3) is 0 Å². The molecule has 2 aromatic rings. The number of ether oxygens (including phenoxy) is 1. The van der Waals surface area contributed by atoms with Gasteiger partial charge in [0, 0.05) is 12.7 Å². The van der Waals surface area contributed by atoms with Crippen LogP contribution in [-0.2, 0) is 6.42 Å². The number of methoxy groups -OCH3 is 1. The Kier molecular flexibility index (Phi) is 4.94. The number of carbonyl (C=O) groups is 1. The van der Waals surface area contributed by atoms with Crippen LogP contribution < -0.4 is 15.4 Å². The Morgan fingerprint density at radius 2 is 2.15 bits per heavy atom. The standard InChI is InChI=1S/C15H17N3O2/c1-20-13-6-4-5-12(11-13)8-10-17-15(19)18-14-7-2-3-9-16-14/h2-7,9,11H,8,10H2,1H3,(H2,16,17,18,19). The molecule has 0 saturated heterocycles. The molecule has 2 rings (SSSR count). The lowest BCUT2D eigenvalue weighted by atomic mass is 10.1. The molecule has 1 heterocycles. The van der Waals surface area contributed by atoms with E-state index in [0.717, 1.165) is 17.7 Å². The topological polar surface area (TPSA) is 63.2 Å². The molecule has 2 N–H and O–H groups in total. The number of hydrogen-bond acceptors (Lipinski definition) is 3. The highest BCUT2D eigenvalue weighted by Gasteiger charge is 2.02. The molecule has 0 atom stereocenters. The second-order valence-electron chi connectivity index (χ2n) is 4.20. The van der Waals surface area contributed by atoms with Gasteiger partial charge in [-0.1, -0.05) is 18.2 Å². The van der Waals surface area contributed by atoms with Crippen LogP contribution in [0.3, 0.4) is 0 Å². The van der Waals surface area contributed by atoms with E-state index in [1.165, 1.54) is 0 Å². The Hall–Kier alpha value is -2.56. The van der Waals surface area contributed by atoms with Crippen molar-refractivity contribution >= 4 is 11.8 Å². The molecule has 2 amide bonds. The third-order valence-electron chi connectivity index (χ3n) is 2.74. The number of rotatable bonds is 5. The fraction of sp³-hybridized carbons (Fsp3) is 0.200. The monoisotopic (exact) mass is 271 g/mol. The van der Waals surface area contributed by atoms with Gasteiger partial charge in [0.2, 0.25) is 0 Å². The minimum atomic E-state index is -0.258. The molecule has 0 saturated carbocycles. The molecule has 0 fully saturated rings. The van der Waals surface area contributed by atoms with Gasteiger partial charge in [-0.3, -0.25) is 5.32 Å². The summed E-state index contributed by atoms with van der Waals surface area (Å²) in [6.45, 7) is 0.547. The molecule has 0 aliphatic rings. The lowest BCUT2D eigenvalue weighted by molar-refractivity contribution is 0.252. The summed E-state index contributed by atoms with van der Waals surface area (Å²) >= 11 is 0. The maximum absolute atomic E-state index is 11.6. The quantitative estimate of drug-likeness (QED) is 0.878. The fourth-order valence-corrected chi connectivity index (χ4v) is 1.75. The minimum Gasteiger partial charge on any atom is -0.497 e. The molecule has 20 heavy (non-hydrogen) atoms. The normalized spacial score (nSPS) is 9.85. The first-order chi connectivity index (χ1) is 9.78. The van der Waals surface area contributed by atoms with Gasteiger partial charge in [-0.05, 0) is 36.2 Å². The van der Waals surface area contributed by atoms with Gasteiger partial charge in [0.05, 0.1) is 7.11 Å². The van der Waals surface area contributed by atoms with Crippen LogP contribution in [-0.4, -0.2) is 24.7 Å². The molecular weight excluding hydrogens is 254 g/mol. The van der Waals surface area contributed by atoms with Crippen molar-refractivity contribution in [2.24, 2.45) is 0 Å². The van der Waals surface area contributed by atoms with Gasteiger partial charge in [-0.25, -0.2) is 9.78 Å². The second-order valence-corrected chi connectivity index (χ2v) is 4.20. The third-order valence-corrected chi connectivity index (χ3v) is 2.74. The number of aromatic nitrogens is 1. The van der Waals surface area contributed by atoms with Crippen LogP contribution in [0.1, 0.15) is 5.56 Å². The number of anilines is 1. The number of amides is 2. The molecule has 1 aromatic heterocycles. The molecule has 5 nitrogen and oxygen atoms in total. The molecule has 5 heteroatoms. The van der Waals surface area contributed by atoms with Gasteiger partial charge in [0.15, 0.2) is 0 Å². The first-order valence-electron chi connectivity index (χ1n) is 6.37. The van der Waals surface area contributed by atoms with E-state index in [-0.39, 0.29) is 6.03 Å². The van der Waals surface area contributed by atoms with E-state index in [9.17, 15) is 4.79 Å². The largest absolute Gasteiger partial charge is 0.497 e. The lowest BCUT2D eigenvalue weighted by Gasteiger charge is -2.07. The van der Waals surface area contributed by atoms with Crippen molar-refractivity contribution in [1.82, 2.24) is 10.3 Å². The zero-order valence-electron chi connectivity index (χ0n) is 11.3. The first-order valence-corrected chi connectivity index (χ1v) is 6.37. The molecule has 0 spiro atoms. The van der Waals surface area contributed by atoms with Crippen molar-refractivity contribution in [3.63, 3.8) is 0 Å². The highest BCUT2D eigenvalue weighted by molar-refractivity contribution is 5.88. The summed E-state index contributed by atoms with van der Waals surface area (Å²) in [6, 6.07) is 12.9. The fourth-order valence-electron chi connectivity index (χ4n) is 1.75. The van der Waals surface area contributed by atoms with Gasteiger partial charge < -0.3 is 10.1 Å². The van der Waals surface area contributed by atoms with Gasteiger partial charge in [0.25, 0.3) is 0 Å². The number of carbonyl (C=O) groups excluding carboxylic acids is 1. The van der Waals surface area contributed by atoms with Gasteiger partial charge in [-0.15, -0.1) is 0 Å². The number of nitrogens with zero attached hydrogens (tertiary/aromatic N) is 1. The van der Waals surface area contributed by atoms with Crippen LogP contribution in [0.4, 0.5) is 10.6 Å². The SMILES string of the molecule is COc1cccc(CCNC(=O)Nc2ccccn2)c1. The Morgan fingerprint density at radius 3 is 2.90 bits per heavy atom. The van der Waals surface area contributed by atoms with Crippen molar-refractivity contribution in [2.75, 3.05) is 19.0 Å². The molecule has 1 aromatic carbocycles. The van der Waals surface area contributed by atoms with E-state index < -0.39 is 0 Å². The molecule has 104 valence electrons. The lowest BCUT2D eigenvalue weighted by Crippen LogP contribution is -2.30. The third kappa shape index (κ3) is 4.28. The number of nitrogens with one attached hydrogen (secondary N) is 2. The average Bonchev–Trinajstić information content (AvgIpc) is 2.48. The summed E-state index contributed by atoms with van der Waals surface area (Å²) in [6.07, 6.45) is 2.37. The van der Waals surface area contributed by atoms with Crippen molar-refractivity contribution in [1.29, 1.82) is 0 Å². The van der Waals surface area contributed by atoms with E-state index in [4.69, 9.17) is 4.74 Å². The van der Waals surface area contributed by atoms with Crippen LogP contribution >= 0.6 is 0 Å². The van der Waals surface area contributed by atoms with Crippen LogP contribution in [0, 0.1) is 0 Å².